The highest BCUT2D eigenvalue weighted by molar-refractivity contribution is 9.10. The first-order chi connectivity index (χ1) is 5.86. The number of H-pyrrole nitrogens is 1. The summed E-state index contributed by atoms with van der Waals surface area (Å²) in [4.78, 5) is 11.2. The quantitative estimate of drug-likeness (QED) is 0.806. The zero-order valence-electron chi connectivity index (χ0n) is 6.16. The number of rotatable bonds is 1. The molecule has 0 atom stereocenters. The van der Waals surface area contributed by atoms with E-state index in [0.29, 0.717) is 0 Å². The number of nitrogens with one attached hydrogen (secondary N) is 1. The molecule has 12 heavy (non-hydrogen) atoms. The number of aromatic amines is 1. The molecule has 0 saturated heterocycles. The topological polar surface area (TPSA) is 41.6 Å². The molecule has 0 aliphatic heterocycles. The van der Waals surface area contributed by atoms with E-state index in [0.717, 1.165) is 16.0 Å². The number of aromatic nitrogens is 3. The Morgan fingerprint density at radius 1 is 1.25 bits per heavy atom. The maximum Gasteiger partial charge on any atom is 0.156 e. The highest BCUT2D eigenvalue weighted by atomic mass is 79.9. The maximum atomic E-state index is 4.16. The first-order valence-electron chi connectivity index (χ1n) is 3.47. The average Bonchev–Trinajstić information content (AvgIpc) is 2.56. The predicted molar refractivity (Wildman–Crippen MR) is 49.5 cm³/mol. The monoisotopic (exact) mass is 223 g/mol. The molecule has 0 radical (unpaired) electrons. The number of pyridine rings is 1. The molecule has 0 aliphatic carbocycles. The van der Waals surface area contributed by atoms with Gasteiger partial charge in [0.15, 0.2) is 5.82 Å². The van der Waals surface area contributed by atoms with Crippen molar-refractivity contribution in [3.63, 3.8) is 0 Å². The number of halogens is 1. The molecular weight excluding hydrogens is 218 g/mol. The fourth-order valence-electron chi connectivity index (χ4n) is 0.940. The summed E-state index contributed by atoms with van der Waals surface area (Å²) in [5, 5.41) is 0. The van der Waals surface area contributed by atoms with Gasteiger partial charge in [-0.15, -0.1) is 0 Å². The minimum Gasteiger partial charge on any atom is -0.343 e. The summed E-state index contributed by atoms with van der Waals surface area (Å²) in [6, 6.07) is 3.80. The fourth-order valence-corrected chi connectivity index (χ4v) is 1.27. The van der Waals surface area contributed by atoms with E-state index in [2.05, 4.69) is 30.9 Å². The Morgan fingerprint density at radius 2 is 2.17 bits per heavy atom. The number of imidazole rings is 1. The first kappa shape index (κ1) is 7.49. The van der Waals surface area contributed by atoms with Gasteiger partial charge in [0, 0.05) is 23.1 Å². The molecule has 60 valence electrons. The Labute approximate surface area is 78.0 Å². The van der Waals surface area contributed by atoms with E-state index in [1.807, 2.05) is 12.1 Å². The van der Waals surface area contributed by atoms with Gasteiger partial charge < -0.3 is 4.98 Å². The summed E-state index contributed by atoms with van der Waals surface area (Å²) in [7, 11) is 0. The second-order valence-electron chi connectivity index (χ2n) is 2.30. The minimum absolute atomic E-state index is 0.788. The Bertz CT molecular complexity index is 370. The van der Waals surface area contributed by atoms with Crippen molar-refractivity contribution in [3.05, 3.63) is 35.2 Å². The predicted octanol–water partition coefficient (Wildman–Crippen LogP) is 2.23. The third kappa shape index (κ3) is 1.38. The average molecular weight is 224 g/mol. The summed E-state index contributed by atoms with van der Waals surface area (Å²) < 4.78 is 1.00. The van der Waals surface area contributed by atoms with Gasteiger partial charge in [-0.1, -0.05) is 15.9 Å². The van der Waals surface area contributed by atoms with Crippen LogP contribution in [0.3, 0.4) is 0 Å². The summed E-state index contributed by atoms with van der Waals surface area (Å²) in [6.45, 7) is 0. The summed E-state index contributed by atoms with van der Waals surface area (Å²) in [5.74, 6) is 0.788. The van der Waals surface area contributed by atoms with Crippen LogP contribution in [-0.4, -0.2) is 15.0 Å². The van der Waals surface area contributed by atoms with Gasteiger partial charge in [0.05, 0.1) is 0 Å². The fraction of sp³-hybridized carbons (Fsp3) is 0. The van der Waals surface area contributed by atoms with Crippen molar-refractivity contribution in [2.45, 2.75) is 0 Å². The minimum atomic E-state index is 0.788. The van der Waals surface area contributed by atoms with Crippen molar-refractivity contribution in [1.29, 1.82) is 0 Å². The van der Waals surface area contributed by atoms with Gasteiger partial charge in [-0.05, 0) is 12.1 Å². The van der Waals surface area contributed by atoms with Crippen LogP contribution in [0.2, 0.25) is 0 Å². The highest BCUT2D eigenvalue weighted by Crippen LogP contribution is 2.16. The second kappa shape index (κ2) is 3.06. The molecule has 0 aliphatic rings. The van der Waals surface area contributed by atoms with Gasteiger partial charge in [0.25, 0.3) is 0 Å². The summed E-state index contributed by atoms with van der Waals surface area (Å²) >= 11 is 3.37. The van der Waals surface area contributed by atoms with Crippen molar-refractivity contribution in [1.82, 2.24) is 15.0 Å². The van der Waals surface area contributed by atoms with Crippen LogP contribution in [0.1, 0.15) is 0 Å². The molecule has 0 amide bonds. The smallest absolute Gasteiger partial charge is 0.156 e. The molecule has 0 spiro atoms. The second-order valence-corrected chi connectivity index (χ2v) is 3.21. The van der Waals surface area contributed by atoms with Crippen LogP contribution in [0.5, 0.6) is 0 Å². The van der Waals surface area contributed by atoms with E-state index in [9.17, 15) is 0 Å². The van der Waals surface area contributed by atoms with Crippen molar-refractivity contribution in [3.8, 4) is 11.5 Å². The molecule has 1 N–H and O–H groups in total. The Kier molecular flexibility index (Phi) is 1.91. The lowest BCUT2D eigenvalue weighted by atomic mass is 10.3. The first-order valence-corrected chi connectivity index (χ1v) is 4.27. The van der Waals surface area contributed by atoms with E-state index < -0.39 is 0 Å². The van der Waals surface area contributed by atoms with Gasteiger partial charge in [-0.2, -0.15) is 0 Å². The van der Waals surface area contributed by atoms with E-state index in [-0.39, 0.29) is 0 Å². The normalized spacial score (nSPS) is 10.1. The van der Waals surface area contributed by atoms with E-state index >= 15 is 0 Å². The summed E-state index contributed by atoms with van der Waals surface area (Å²) in [6.07, 6.45) is 5.22. The van der Waals surface area contributed by atoms with Gasteiger partial charge in [0.1, 0.15) is 5.69 Å². The van der Waals surface area contributed by atoms with Crippen LogP contribution in [0.4, 0.5) is 0 Å². The third-order valence-corrected chi connectivity index (χ3v) is 1.96. The molecule has 3 nitrogen and oxygen atoms in total. The Morgan fingerprint density at radius 3 is 2.83 bits per heavy atom. The molecule has 0 saturated carbocycles. The highest BCUT2D eigenvalue weighted by Gasteiger charge is 1.99. The lowest BCUT2D eigenvalue weighted by molar-refractivity contribution is 1.22. The molecule has 0 aromatic carbocycles. The van der Waals surface area contributed by atoms with Gasteiger partial charge >= 0.3 is 0 Å². The van der Waals surface area contributed by atoms with Crippen LogP contribution >= 0.6 is 15.9 Å². The molecule has 4 heteroatoms. The van der Waals surface area contributed by atoms with Crippen molar-refractivity contribution in [2.75, 3.05) is 0 Å². The van der Waals surface area contributed by atoms with Crippen molar-refractivity contribution < 1.29 is 0 Å². The molecule has 2 heterocycles. The summed E-state index contributed by atoms with van der Waals surface area (Å²) in [5.41, 5.74) is 0.842. The SMILES string of the molecule is Brc1ccnc(-c2ncc[nH]2)c1. The van der Waals surface area contributed by atoms with E-state index in [1.165, 1.54) is 0 Å². The maximum absolute atomic E-state index is 4.16. The van der Waals surface area contributed by atoms with Gasteiger partial charge in [-0.3, -0.25) is 4.98 Å². The number of hydrogen-bond donors (Lipinski definition) is 1. The largest absolute Gasteiger partial charge is 0.343 e. The molecule has 0 fully saturated rings. The van der Waals surface area contributed by atoms with Crippen molar-refractivity contribution >= 4 is 15.9 Å². The van der Waals surface area contributed by atoms with Gasteiger partial charge in [-0.25, -0.2) is 4.98 Å². The van der Waals surface area contributed by atoms with Crippen LogP contribution in [0, 0.1) is 0 Å². The Hall–Kier alpha value is -1.16. The molecule has 0 bridgehead atoms. The molecule has 2 aromatic heterocycles. The molecule has 0 unspecified atom stereocenters. The van der Waals surface area contributed by atoms with Gasteiger partial charge in [0.2, 0.25) is 0 Å². The molecule has 2 rings (SSSR count). The van der Waals surface area contributed by atoms with E-state index in [1.54, 1.807) is 18.6 Å². The van der Waals surface area contributed by atoms with Crippen molar-refractivity contribution in [2.24, 2.45) is 0 Å². The van der Waals surface area contributed by atoms with Crippen LogP contribution < -0.4 is 0 Å². The van der Waals surface area contributed by atoms with Crippen LogP contribution in [0.25, 0.3) is 11.5 Å². The standard InChI is InChI=1S/C8H6BrN3/c9-6-1-2-10-7(5-6)8-11-3-4-12-8/h1-5H,(H,11,12). The van der Waals surface area contributed by atoms with Crippen LogP contribution in [0.15, 0.2) is 35.2 Å². The zero-order chi connectivity index (χ0) is 8.39. The van der Waals surface area contributed by atoms with Crippen LogP contribution in [-0.2, 0) is 0 Å². The molecule has 2 aromatic rings. The Balaban J connectivity index is 2.48. The number of hydrogen-bond acceptors (Lipinski definition) is 2. The van der Waals surface area contributed by atoms with E-state index in [4.69, 9.17) is 0 Å². The lowest BCUT2D eigenvalue weighted by Gasteiger charge is -1.94. The zero-order valence-corrected chi connectivity index (χ0v) is 7.75. The molecular formula is C8H6BrN3. The third-order valence-electron chi connectivity index (χ3n) is 1.46. The number of nitrogens with zero attached hydrogens (tertiary/aromatic N) is 2. The lowest BCUT2D eigenvalue weighted by Crippen LogP contribution is -1.83.